The Bertz CT molecular complexity index is 280. The van der Waals surface area contributed by atoms with E-state index in [1.54, 1.807) is 0 Å². The van der Waals surface area contributed by atoms with Gasteiger partial charge in [0.15, 0.2) is 0 Å². The van der Waals surface area contributed by atoms with Gasteiger partial charge in [-0.05, 0) is 82.5 Å². The van der Waals surface area contributed by atoms with Crippen LogP contribution in [0.15, 0.2) is 12.2 Å². The Morgan fingerprint density at radius 2 is 1.38 bits per heavy atom. The molecule has 0 saturated heterocycles. The summed E-state index contributed by atoms with van der Waals surface area (Å²) in [6.07, 6.45) is 20.9. The summed E-state index contributed by atoms with van der Waals surface area (Å²) in [6, 6.07) is 0. The number of rotatable bonds is 7. The summed E-state index contributed by atoms with van der Waals surface area (Å²) in [7, 11) is 0. The van der Waals surface area contributed by atoms with E-state index < -0.39 is 0 Å². The monoisotopic (exact) mass is 292 g/mol. The molecule has 0 heterocycles. The molecule has 0 aromatic rings. The van der Waals surface area contributed by atoms with Crippen LogP contribution in [0.3, 0.4) is 0 Å². The Hall–Kier alpha value is -0.300. The second-order valence-electron chi connectivity index (χ2n) is 7.29. The van der Waals surface area contributed by atoms with Crippen molar-refractivity contribution in [2.24, 2.45) is 17.8 Å². The van der Waals surface area contributed by atoms with Crippen molar-refractivity contribution in [1.82, 2.24) is 0 Å². The first-order chi connectivity index (χ1) is 10.3. The van der Waals surface area contributed by atoms with Gasteiger partial charge in [0.05, 0.1) is 6.10 Å². The van der Waals surface area contributed by atoms with Gasteiger partial charge >= 0.3 is 0 Å². The lowest BCUT2D eigenvalue weighted by molar-refractivity contribution is 0.0239. The van der Waals surface area contributed by atoms with Crippen LogP contribution in [-0.4, -0.2) is 12.7 Å². The van der Waals surface area contributed by atoms with Crippen molar-refractivity contribution in [2.75, 3.05) is 6.61 Å². The van der Waals surface area contributed by atoms with Crippen LogP contribution in [-0.2, 0) is 4.74 Å². The van der Waals surface area contributed by atoms with E-state index in [-0.39, 0.29) is 0 Å². The van der Waals surface area contributed by atoms with Gasteiger partial charge in [-0.1, -0.05) is 31.9 Å². The third-order valence-electron chi connectivity index (χ3n) is 5.71. The Balaban J connectivity index is 1.57. The van der Waals surface area contributed by atoms with Gasteiger partial charge in [0.2, 0.25) is 0 Å². The smallest absolute Gasteiger partial charge is 0.0575 e. The normalized spacial score (nSPS) is 34.4. The van der Waals surface area contributed by atoms with Crippen molar-refractivity contribution >= 4 is 0 Å². The lowest BCUT2D eigenvalue weighted by Gasteiger charge is -2.31. The van der Waals surface area contributed by atoms with Gasteiger partial charge in [-0.25, -0.2) is 0 Å². The van der Waals surface area contributed by atoms with Gasteiger partial charge in [-0.15, -0.1) is 0 Å². The molecule has 1 nitrogen and oxygen atoms in total. The van der Waals surface area contributed by atoms with E-state index in [4.69, 9.17) is 4.74 Å². The highest BCUT2D eigenvalue weighted by Crippen LogP contribution is 2.36. The molecule has 2 fully saturated rings. The van der Waals surface area contributed by atoms with Crippen LogP contribution in [0, 0.1) is 17.8 Å². The number of hydrogen-bond acceptors (Lipinski definition) is 1. The van der Waals surface area contributed by atoms with Gasteiger partial charge in [-0.3, -0.25) is 0 Å². The maximum Gasteiger partial charge on any atom is 0.0575 e. The lowest BCUT2D eigenvalue weighted by Crippen LogP contribution is -2.22. The molecule has 0 unspecified atom stereocenters. The molecule has 0 radical (unpaired) electrons. The SMILES string of the molecule is CCC=C[C@H]1CC[C@H](CC[C@H]2CC[C@H](OCC)CC2)CC1. The zero-order valence-corrected chi connectivity index (χ0v) is 14.4. The van der Waals surface area contributed by atoms with Gasteiger partial charge in [0.25, 0.3) is 0 Å². The average molecular weight is 293 g/mol. The first-order valence-corrected chi connectivity index (χ1v) is 9.60. The fourth-order valence-electron chi connectivity index (χ4n) is 4.29. The molecule has 2 aliphatic carbocycles. The molecule has 122 valence electrons. The largest absolute Gasteiger partial charge is 0.379 e. The van der Waals surface area contributed by atoms with E-state index >= 15 is 0 Å². The molecular formula is C20H36O. The van der Waals surface area contributed by atoms with Gasteiger partial charge in [0.1, 0.15) is 0 Å². The summed E-state index contributed by atoms with van der Waals surface area (Å²) in [5, 5.41) is 0. The molecule has 2 rings (SSSR count). The van der Waals surface area contributed by atoms with Crippen molar-refractivity contribution in [2.45, 2.75) is 90.6 Å². The topological polar surface area (TPSA) is 9.23 Å². The predicted octanol–water partition coefficient (Wildman–Crippen LogP) is 6.13. The fraction of sp³-hybridized carbons (Fsp3) is 0.900. The molecule has 0 aromatic carbocycles. The lowest BCUT2D eigenvalue weighted by atomic mass is 9.77. The molecule has 0 aliphatic heterocycles. The summed E-state index contributed by atoms with van der Waals surface area (Å²) in [6.45, 7) is 5.26. The minimum atomic E-state index is 0.576. The van der Waals surface area contributed by atoms with E-state index in [1.807, 2.05) is 0 Å². The molecule has 21 heavy (non-hydrogen) atoms. The molecule has 0 spiro atoms. The number of ether oxygens (including phenoxy) is 1. The van der Waals surface area contributed by atoms with Crippen molar-refractivity contribution < 1.29 is 4.74 Å². The minimum Gasteiger partial charge on any atom is -0.379 e. The van der Waals surface area contributed by atoms with E-state index in [2.05, 4.69) is 26.0 Å². The summed E-state index contributed by atoms with van der Waals surface area (Å²) in [5.41, 5.74) is 0. The molecule has 0 atom stereocenters. The van der Waals surface area contributed by atoms with Crippen LogP contribution in [0.2, 0.25) is 0 Å². The third kappa shape index (κ3) is 6.14. The average Bonchev–Trinajstić information content (AvgIpc) is 2.53. The highest BCUT2D eigenvalue weighted by molar-refractivity contribution is 4.90. The van der Waals surface area contributed by atoms with Gasteiger partial charge in [-0.2, -0.15) is 0 Å². The van der Waals surface area contributed by atoms with Crippen molar-refractivity contribution in [3.8, 4) is 0 Å². The second kappa shape index (κ2) is 9.66. The van der Waals surface area contributed by atoms with Crippen LogP contribution >= 0.6 is 0 Å². The highest BCUT2D eigenvalue weighted by Gasteiger charge is 2.24. The Labute approximate surface area is 132 Å². The van der Waals surface area contributed by atoms with Crippen molar-refractivity contribution in [3.63, 3.8) is 0 Å². The van der Waals surface area contributed by atoms with E-state index in [0.717, 1.165) is 24.4 Å². The second-order valence-corrected chi connectivity index (χ2v) is 7.29. The molecule has 2 saturated carbocycles. The van der Waals surface area contributed by atoms with Crippen molar-refractivity contribution in [1.29, 1.82) is 0 Å². The first-order valence-electron chi connectivity index (χ1n) is 9.60. The summed E-state index contributed by atoms with van der Waals surface area (Å²) >= 11 is 0. The first kappa shape index (κ1) is 17.1. The van der Waals surface area contributed by atoms with E-state index in [0.29, 0.717) is 6.10 Å². The maximum atomic E-state index is 5.76. The standard InChI is InChI=1S/C20H36O/c1-3-5-6-17-7-9-18(10-8-17)11-12-19-13-15-20(16-14-19)21-4-2/h5-6,17-20H,3-4,7-16H2,1-2H3/t17-,18-,19-,20-. The van der Waals surface area contributed by atoms with Gasteiger partial charge in [0, 0.05) is 6.61 Å². The van der Waals surface area contributed by atoms with Crippen LogP contribution < -0.4 is 0 Å². The molecule has 0 bridgehead atoms. The quantitative estimate of drug-likeness (QED) is 0.512. The zero-order valence-electron chi connectivity index (χ0n) is 14.4. The Morgan fingerprint density at radius 1 is 0.810 bits per heavy atom. The maximum absolute atomic E-state index is 5.76. The third-order valence-corrected chi connectivity index (χ3v) is 5.71. The van der Waals surface area contributed by atoms with Gasteiger partial charge < -0.3 is 4.74 Å². The molecule has 0 aromatic heterocycles. The van der Waals surface area contributed by atoms with Crippen LogP contribution in [0.25, 0.3) is 0 Å². The molecular weight excluding hydrogens is 256 g/mol. The summed E-state index contributed by atoms with van der Waals surface area (Å²) < 4.78 is 5.76. The minimum absolute atomic E-state index is 0.576. The molecule has 2 aliphatic rings. The highest BCUT2D eigenvalue weighted by atomic mass is 16.5. The predicted molar refractivity (Wildman–Crippen MR) is 91.5 cm³/mol. The van der Waals surface area contributed by atoms with Crippen molar-refractivity contribution in [3.05, 3.63) is 12.2 Å². The molecule has 0 amide bonds. The molecule has 0 N–H and O–H groups in total. The Kier molecular flexibility index (Phi) is 7.85. The fourth-order valence-corrected chi connectivity index (χ4v) is 4.29. The molecule has 1 heteroatoms. The zero-order chi connectivity index (χ0) is 14.9. The number of allylic oxidation sites excluding steroid dienone is 2. The summed E-state index contributed by atoms with van der Waals surface area (Å²) in [5.74, 6) is 2.92. The number of hydrogen-bond donors (Lipinski definition) is 0. The Morgan fingerprint density at radius 3 is 1.90 bits per heavy atom. The van der Waals surface area contributed by atoms with E-state index in [9.17, 15) is 0 Å². The summed E-state index contributed by atoms with van der Waals surface area (Å²) in [4.78, 5) is 0. The van der Waals surface area contributed by atoms with Crippen LogP contribution in [0.5, 0.6) is 0 Å². The van der Waals surface area contributed by atoms with E-state index in [1.165, 1.54) is 70.6 Å². The van der Waals surface area contributed by atoms with Crippen LogP contribution in [0.1, 0.15) is 84.5 Å². The van der Waals surface area contributed by atoms with Crippen LogP contribution in [0.4, 0.5) is 0 Å².